The van der Waals surface area contributed by atoms with Crippen LogP contribution in [0.1, 0.15) is 47.1 Å². The predicted octanol–water partition coefficient (Wildman–Crippen LogP) is 3.24. The second-order valence-corrected chi connectivity index (χ2v) is 8.89. The Morgan fingerprint density at radius 3 is 2.73 bits per heavy atom. The second-order valence-electron chi connectivity index (χ2n) is 8.89. The molecule has 40 heavy (non-hydrogen) atoms. The first-order chi connectivity index (χ1) is 21.5. The molecule has 3 N–H and O–H groups in total. The minimum absolute atomic E-state index is 0.0210. The highest BCUT2D eigenvalue weighted by atomic mass is 16.2. The van der Waals surface area contributed by atoms with Gasteiger partial charge in [0.05, 0.1) is 24.5 Å². The number of anilines is 1. The average molecular weight is 534 g/mol. The zero-order chi connectivity index (χ0) is 32.2. The molecule has 0 bridgehead atoms. The van der Waals surface area contributed by atoms with Gasteiger partial charge < -0.3 is 11.1 Å². The van der Waals surface area contributed by atoms with Gasteiger partial charge in [-0.3, -0.25) is 18.8 Å². The second kappa shape index (κ2) is 9.89. The normalized spacial score (nSPS) is 13.5. The number of aromatic nitrogens is 6. The SMILES string of the molecule is [2H]c1c([2H])c([2H])c(-n2c(C(C)NC(=O)c3c(N)nn4cccnc34)cc3cccc(C#Cc4ccnn4C)c3c2=O)c([2H])c1[2H]. The van der Waals surface area contributed by atoms with Crippen LogP contribution in [0.25, 0.3) is 22.1 Å². The Hall–Kier alpha value is -5.69. The van der Waals surface area contributed by atoms with Crippen molar-refractivity contribution in [1.82, 2.24) is 34.3 Å². The zero-order valence-electron chi connectivity index (χ0n) is 26.4. The van der Waals surface area contributed by atoms with Crippen LogP contribution in [-0.4, -0.2) is 34.9 Å². The molecular weight excluding hydrogens is 504 g/mol. The minimum Gasteiger partial charge on any atom is -0.381 e. The topological polar surface area (TPSA) is 125 Å². The number of carbonyl (C=O) groups excluding carboxylic acids is 1. The van der Waals surface area contributed by atoms with E-state index in [-0.39, 0.29) is 33.8 Å². The van der Waals surface area contributed by atoms with Crippen molar-refractivity contribution in [3.63, 3.8) is 0 Å². The quantitative estimate of drug-likeness (QED) is 0.335. The van der Waals surface area contributed by atoms with Crippen molar-refractivity contribution in [2.24, 2.45) is 7.05 Å². The third-order valence-corrected chi connectivity index (χ3v) is 6.37. The van der Waals surface area contributed by atoms with Crippen LogP contribution in [0.2, 0.25) is 0 Å². The highest BCUT2D eigenvalue weighted by Crippen LogP contribution is 2.24. The fourth-order valence-corrected chi connectivity index (χ4v) is 4.48. The van der Waals surface area contributed by atoms with Crippen LogP contribution in [-0.2, 0) is 7.05 Å². The number of para-hydroxylation sites is 1. The fraction of sp³-hybridized carbons (Fsp3) is 0.100. The Bertz CT molecular complexity index is 2290. The van der Waals surface area contributed by atoms with Crippen molar-refractivity contribution in [1.29, 1.82) is 0 Å². The fourth-order valence-electron chi connectivity index (χ4n) is 4.48. The van der Waals surface area contributed by atoms with E-state index in [0.29, 0.717) is 16.6 Å². The van der Waals surface area contributed by atoms with Crippen LogP contribution in [0.3, 0.4) is 0 Å². The summed E-state index contributed by atoms with van der Waals surface area (Å²) in [6.07, 6.45) is 4.68. The molecule has 6 rings (SSSR count). The molecule has 0 aliphatic rings. The standard InChI is InChI=1S/C30H24N8O2/c1-19(34-29(39)26-27(31)35-37-17-7-15-32-28(26)37)24-18-21-9-6-8-20(12-13-22-14-16-33-36(22)2)25(21)30(40)38(24)23-10-4-3-5-11-23/h3-11,14-19H,1-2H3,(H2,31,35)(H,34,39)/i3D,4D,5D,10D,11D. The highest BCUT2D eigenvalue weighted by molar-refractivity contribution is 6.04. The van der Waals surface area contributed by atoms with Gasteiger partial charge >= 0.3 is 0 Å². The lowest BCUT2D eigenvalue weighted by Gasteiger charge is -2.21. The molecule has 10 heteroatoms. The number of rotatable bonds is 4. The first-order valence-electron chi connectivity index (χ1n) is 14.6. The summed E-state index contributed by atoms with van der Waals surface area (Å²) in [5.74, 6) is 5.32. The van der Waals surface area contributed by atoms with Gasteiger partial charge in [0.1, 0.15) is 11.3 Å². The van der Waals surface area contributed by atoms with Gasteiger partial charge in [-0.2, -0.15) is 5.10 Å². The lowest BCUT2D eigenvalue weighted by molar-refractivity contribution is 0.0941. The predicted molar refractivity (Wildman–Crippen MR) is 152 cm³/mol. The molecule has 1 atom stereocenters. The molecule has 196 valence electrons. The Kier molecular flexibility index (Phi) is 4.79. The Morgan fingerprint density at radius 2 is 1.95 bits per heavy atom. The summed E-state index contributed by atoms with van der Waals surface area (Å²) in [5, 5.41) is 11.7. The number of fused-ring (bicyclic) bond motifs is 2. The van der Waals surface area contributed by atoms with Crippen molar-refractivity contribution in [2.45, 2.75) is 13.0 Å². The molecule has 0 aliphatic heterocycles. The molecule has 0 spiro atoms. The number of hydrogen-bond acceptors (Lipinski definition) is 6. The third-order valence-electron chi connectivity index (χ3n) is 6.37. The molecule has 0 saturated heterocycles. The summed E-state index contributed by atoms with van der Waals surface area (Å²) in [6, 6.07) is 6.11. The summed E-state index contributed by atoms with van der Waals surface area (Å²) < 4.78 is 45.9. The van der Waals surface area contributed by atoms with E-state index in [1.54, 1.807) is 67.4 Å². The molecule has 4 heterocycles. The summed E-state index contributed by atoms with van der Waals surface area (Å²) in [7, 11) is 1.73. The molecule has 10 nitrogen and oxygen atoms in total. The van der Waals surface area contributed by atoms with Crippen LogP contribution in [0.15, 0.2) is 90.0 Å². The van der Waals surface area contributed by atoms with Crippen molar-refractivity contribution in [3.8, 4) is 17.5 Å². The number of hydrogen-bond donors (Lipinski definition) is 2. The zero-order valence-corrected chi connectivity index (χ0v) is 21.4. The number of aryl methyl sites for hydroxylation is 1. The molecule has 1 amide bonds. The van der Waals surface area contributed by atoms with Gasteiger partial charge in [0.15, 0.2) is 11.5 Å². The Balaban J connectivity index is 1.59. The average Bonchev–Trinajstić information content (AvgIpc) is 3.59. The van der Waals surface area contributed by atoms with E-state index in [1.807, 2.05) is 0 Å². The van der Waals surface area contributed by atoms with E-state index in [1.165, 1.54) is 10.7 Å². The molecule has 2 aromatic carbocycles. The Labute approximate surface area is 235 Å². The van der Waals surface area contributed by atoms with E-state index in [2.05, 4.69) is 32.3 Å². The summed E-state index contributed by atoms with van der Waals surface area (Å²) in [5.41, 5.74) is 6.35. The van der Waals surface area contributed by atoms with Crippen molar-refractivity contribution < 1.29 is 11.6 Å². The van der Waals surface area contributed by atoms with E-state index >= 15 is 0 Å². The summed E-state index contributed by atoms with van der Waals surface area (Å²) in [6.45, 7) is 1.60. The van der Waals surface area contributed by atoms with E-state index in [4.69, 9.17) is 12.6 Å². The first kappa shape index (κ1) is 19.4. The van der Waals surface area contributed by atoms with Gasteiger partial charge in [0.25, 0.3) is 11.5 Å². The smallest absolute Gasteiger partial charge is 0.264 e. The van der Waals surface area contributed by atoms with Gasteiger partial charge in [0, 0.05) is 36.4 Å². The van der Waals surface area contributed by atoms with Crippen LogP contribution < -0.4 is 16.6 Å². The molecule has 6 aromatic rings. The van der Waals surface area contributed by atoms with Crippen molar-refractivity contribution >= 4 is 28.1 Å². The Morgan fingerprint density at radius 1 is 1.12 bits per heavy atom. The third kappa shape index (κ3) is 4.25. The van der Waals surface area contributed by atoms with E-state index in [9.17, 15) is 9.59 Å². The number of carbonyl (C=O) groups is 1. The lowest BCUT2D eigenvalue weighted by Crippen LogP contribution is -2.32. The first-order valence-corrected chi connectivity index (χ1v) is 12.1. The molecule has 0 fully saturated rings. The minimum atomic E-state index is -0.935. The maximum absolute atomic E-state index is 14.4. The van der Waals surface area contributed by atoms with Crippen LogP contribution >= 0.6 is 0 Å². The van der Waals surface area contributed by atoms with Gasteiger partial charge in [-0.15, -0.1) is 5.10 Å². The maximum Gasteiger partial charge on any atom is 0.264 e. The molecule has 1 unspecified atom stereocenters. The number of nitrogen functional groups attached to an aromatic ring is 1. The number of pyridine rings is 1. The van der Waals surface area contributed by atoms with Gasteiger partial charge in [-0.25, -0.2) is 9.50 Å². The largest absolute Gasteiger partial charge is 0.381 e. The number of nitrogens with zero attached hydrogens (tertiary/aromatic N) is 6. The summed E-state index contributed by atoms with van der Waals surface area (Å²) in [4.78, 5) is 32.2. The number of nitrogens with one attached hydrogen (secondary N) is 1. The summed E-state index contributed by atoms with van der Waals surface area (Å²) >= 11 is 0. The van der Waals surface area contributed by atoms with Crippen LogP contribution in [0.5, 0.6) is 0 Å². The molecule has 0 radical (unpaired) electrons. The molecule has 4 aromatic heterocycles. The van der Waals surface area contributed by atoms with Gasteiger partial charge in [0.2, 0.25) is 0 Å². The molecule has 0 saturated carbocycles. The van der Waals surface area contributed by atoms with E-state index in [0.717, 1.165) is 4.57 Å². The van der Waals surface area contributed by atoms with Gasteiger partial charge in [-0.1, -0.05) is 36.2 Å². The lowest BCUT2D eigenvalue weighted by atomic mass is 10.0. The number of benzene rings is 2. The van der Waals surface area contributed by atoms with Crippen molar-refractivity contribution in [3.05, 3.63) is 118 Å². The van der Waals surface area contributed by atoms with Crippen LogP contribution in [0, 0.1) is 11.8 Å². The van der Waals surface area contributed by atoms with E-state index < -0.39 is 47.7 Å². The number of nitrogens with two attached hydrogens (primary N) is 1. The van der Waals surface area contributed by atoms with Gasteiger partial charge in [-0.05, 0) is 54.6 Å². The molecular formula is C30H24N8O2. The van der Waals surface area contributed by atoms with Crippen molar-refractivity contribution in [2.75, 3.05) is 5.73 Å². The highest BCUT2D eigenvalue weighted by Gasteiger charge is 2.24. The monoisotopic (exact) mass is 533 g/mol. The van der Waals surface area contributed by atoms with Crippen LogP contribution in [0.4, 0.5) is 5.82 Å². The molecule has 0 aliphatic carbocycles. The maximum atomic E-state index is 14.4. The number of amides is 1.